The van der Waals surface area contributed by atoms with Crippen LogP contribution in [-0.2, 0) is 9.47 Å². The highest BCUT2D eigenvalue weighted by Crippen LogP contribution is 2.31. The fourth-order valence-corrected chi connectivity index (χ4v) is 2.43. The second kappa shape index (κ2) is 5.87. The number of anilines is 1. The quantitative estimate of drug-likeness (QED) is 0.836. The van der Waals surface area contributed by atoms with E-state index >= 15 is 0 Å². The second-order valence-electron chi connectivity index (χ2n) is 4.53. The van der Waals surface area contributed by atoms with Crippen LogP contribution in [0, 0.1) is 6.92 Å². The fourth-order valence-electron chi connectivity index (χ4n) is 2.27. The number of halogens is 1. The number of nitrogens with zero attached hydrogens (tertiary/aromatic N) is 1. The van der Waals surface area contributed by atoms with Crippen molar-refractivity contribution in [2.75, 3.05) is 19.0 Å². The van der Waals surface area contributed by atoms with Gasteiger partial charge < -0.3 is 14.8 Å². The van der Waals surface area contributed by atoms with Crippen molar-refractivity contribution < 1.29 is 9.47 Å². The Hall–Kier alpha value is -0.840. The normalized spacial score (nSPS) is 26.8. The number of rotatable bonds is 5. The Kier molecular flexibility index (Phi) is 4.43. The molecule has 0 saturated heterocycles. The molecule has 5 heteroatoms. The Labute approximate surface area is 113 Å². The van der Waals surface area contributed by atoms with Gasteiger partial charge in [0.1, 0.15) is 6.10 Å². The van der Waals surface area contributed by atoms with Crippen LogP contribution in [0.3, 0.4) is 0 Å². The van der Waals surface area contributed by atoms with Crippen molar-refractivity contribution in [1.29, 1.82) is 0 Å². The van der Waals surface area contributed by atoms with Gasteiger partial charge in [-0.1, -0.05) is 11.6 Å². The first-order chi connectivity index (χ1) is 8.65. The van der Waals surface area contributed by atoms with Crippen molar-refractivity contribution in [2.24, 2.45) is 0 Å². The summed E-state index contributed by atoms with van der Waals surface area (Å²) in [7, 11) is 1.71. The van der Waals surface area contributed by atoms with Crippen LogP contribution in [0.15, 0.2) is 12.3 Å². The molecule has 0 spiro atoms. The number of pyridine rings is 1. The first kappa shape index (κ1) is 13.6. The number of hydrogen-bond acceptors (Lipinski definition) is 4. The Morgan fingerprint density at radius 2 is 2.33 bits per heavy atom. The SMILES string of the molecule is CCOC1CC(Nc2cc(C)cnc2Cl)C1OC. The van der Waals surface area contributed by atoms with Gasteiger partial charge in [-0.25, -0.2) is 4.98 Å². The fraction of sp³-hybridized carbons (Fsp3) is 0.615. The molecule has 1 aliphatic carbocycles. The number of nitrogens with one attached hydrogen (secondary N) is 1. The molecule has 100 valence electrons. The Morgan fingerprint density at radius 1 is 1.56 bits per heavy atom. The van der Waals surface area contributed by atoms with E-state index in [1.54, 1.807) is 13.3 Å². The van der Waals surface area contributed by atoms with Crippen LogP contribution in [0.4, 0.5) is 5.69 Å². The van der Waals surface area contributed by atoms with Crippen LogP contribution in [-0.4, -0.2) is 37.0 Å². The average molecular weight is 271 g/mol. The summed E-state index contributed by atoms with van der Waals surface area (Å²) in [4.78, 5) is 4.13. The molecule has 1 saturated carbocycles. The molecule has 1 aliphatic rings. The minimum atomic E-state index is 0.0709. The summed E-state index contributed by atoms with van der Waals surface area (Å²) >= 11 is 6.06. The molecule has 2 rings (SSSR count). The van der Waals surface area contributed by atoms with Crippen molar-refractivity contribution in [1.82, 2.24) is 4.98 Å². The maximum atomic E-state index is 6.06. The van der Waals surface area contributed by atoms with Gasteiger partial charge in [0.2, 0.25) is 0 Å². The highest BCUT2D eigenvalue weighted by Gasteiger charge is 2.42. The van der Waals surface area contributed by atoms with Crippen LogP contribution < -0.4 is 5.32 Å². The monoisotopic (exact) mass is 270 g/mol. The van der Waals surface area contributed by atoms with E-state index in [-0.39, 0.29) is 18.2 Å². The zero-order valence-electron chi connectivity index (χ0n) is 10.9. The van der Waals surface area contributed by atoms with E-state index in [2.05, 4.69) is 10.3 Å². The van der Waals surface area contributed by atoms with Gasteiger partial charge in [-0.15, -0.1) is 0 Å². The van der Waals surface area contributed by atoms with Gasteiger partial charge in [0.05, 0.1) is 17.8 Å². The molecule has 4 nitrogen and oxygen atoms in total. The molecule has 18 heavy (non-hydrogen) atoms. The van der Waals surface area contributed by atoms with Gasteiger partial charge in [-0.3, -0.25) is 0 Å². The smallest absolute Gasteiger partial charge is 0.152 e. The summed E-state index contributed by atoms with van der Waals surface area (Å²) in [5.74, 6) is 0. The minimum absolute atomic E-state index is 0.0709. The molecular formula is C13H19ClN2O2. The Balaban J connectivity index is 2.00. The van der Waals surface area contributed by atoms with E-state index in [1.165, 1.54) is 0 Å². The van der Waals surface area contributed by atoms with E-state index in [4.69, 9.17) is 21.1 Å². The highest BCUT2D eigenvalue weighted by molar-refractivity contribution is 6.32. The number of methoxy groups -OCH3 is 1. The van der Waals surface area contributed by atoms with Crippen molar-refractivity contribution in [3.63, 3.8) is 0 Å². The molecule has 1 aromatic heterocycles. The molecule has 1 N–H and O–H groups in total. The van der Waals surface area contributed by atoms with Crippen molar-refractivity contribution in [2.45, 2.75) is 38.5 Å². The average Bonchev–Trinajstić information content (AvgIpc) is 2.32. The lowest BCUT2D eigenvalue weighted by Gasteiger charge is -2.43. The molecule has 1 fully saturated rings. The summed E-state index contributed by atoms with van der Waals surface area (Å²) < 4.78 is 11.0. The molecule has 3 atom stereocenters. The van der Waals surface area contributed by atoms with E-state index in [0.29, 0.717) is 11.8 Å². The number of aryl methyl sites for hydroxylation is 1. The maximum Gasteiger partial charge on any atom is 0.152 e. The largest absolute Gasteiger partial charge is 0.377 e. The molecule has 0 bridgehead atoms. The van der Waals surface area contributed by atoms with Crippen LogP contribution in [0.25, 0.3) is 0 Å². The lowest BCUT2D eigenvalue weighted by Crippen LogP contribution is -2.56. The Morgan fingerprint density at radius 3 is 3.00 bits per heavy atom. The Bertz CT molecular complexity index is 414. The zero-order chi connectivity index (χ0) is 13.1. The van der Waals surface area contributed by atoms with Crippen molar-refractivity contribution >= 4 is 17.3 Å². The molecule has 0 amide bonds. The van der Waals surface area contributed by atoms with E-state index in [1.807, 2.05) is 19.9 Å². The third-order valence-corrected chi connectivity index (χ3v) is 3.52. The van der Waals surface area contributed by atoms with Gasteiger partial charge >= 0.3 is 0 Å². The standard InChI is InChI=1S/C13H19ClN2O2/c1-4-18-11-6-9(12(11)17-3)16-10-5-8(2)7-15-13(10)14/h5,7,9,11-12,16H,4,6H2,1-3H3. The molecule has 0 radical (unpaired) electrons. The molecule has 1 heterocycles. The van der Waals surface area contributed by atoms with Crippen molar-refractivity contribution in [3.8, 4) is 0 Å². The van der Waals surface area contributed by atoms with Crippen LogP contribution in [0.1, 0.15) is 18.9 Å². The van der Waals surface area contributed by atoms with E-state index in [0.717, 1.165) is 17.7 Å². The molecule has 3 unspecified atom stereocenters. The number of hydrogen-bond donors (Lipinski definition) is 1. The van der Waals surface area contributed by atoms with Gasteiger partial charge in [0.15, 0.2) is 5.15 Å². The molecule has 0 aromatic carbocycles. The summed E-state index contributed by atoms with van der Waals surface area (Å²) in [6.07, 6.45) is 2.93. The van der Waals surface area contributed by atoms with Gasteiger partial charge in [0.25, 0.3) is 0 Å². The van der Waals surface area contributed by atoms with Gasteiger partial charge in [0, 0.05) is 19.9 Å². The number of aromatic nitrogens is 1. The first-order valence-electron chi connectivity index (χ1n) is 6.18. The van der Waals surface area contributed by atoms with Crippen LogP contribution in [0.5, 0.6) is 0 Å². The lowest BCUT2D eigenvalue weighted by molar-refractivity contribution is -0.118. The molecule has 0 aliphatic heterocycles. The van der Waals surface area contributed by atoms with E-state index < -0.39 is 0 Å². The number of ether oxygens (including phenoxy) is 2. The minimum Gasteiger partial charge on any atom is -0.377 e. The topological polar surface area (TPSA) is 43.4 Å². The van der Waals surface area contributed by atoms with E-state index in [9.17, 15) is 0 Å². The summed E-state index contributed by atoms with van der Waals surface area (Å²) in [5.41, 5.74) is 1.94. The van der Waals surface area contributed by atoms with Crippen molar-refractivity contribution in [3.05, 3.63) is 23.0 Å². The zero-order valence-corrected chi connectivity index (χ0v) is 11.7. The molecular weight excluding hydrogens is 252 g/mol. The lowest BCUT2D eigenvalue weighted by atomic mass is 9.85. The summed E-state index contributed by atoms with van der Waals surface area (Å²) in [5, 5.41) is 3.87. The maximum absolute atomic E-state index is 6.06. The van der Waals surface area contributed by atoms with Crippen LogP contribution in [0.2, 0.25) is 5.15 Å². The predicted molar refractivity (Wildman–Crippen MR) is 72.2 cm³/mol. The molecule has 1 aromatic rings. The highest BCUT2D eigenvalue weighted by atomic mass is 35.5. The predicted octanol–water partition coefficient (Wildman–Crippen LogP) is 2.65. The van der Waals surface area contributed by atoms with Gasteiger partial charge in [-0.2, -0.15) is 0 Å². The summed E-state index contributed by atoms with van der Waals surface area (Å²) in [6, 6.07) is 2.23. The van der Waals surface area contributed by atoms with Crippen LogP contribution >= 0.6 is 11.6 Å². The third-order valence-electron chi connectivity index (χ3n) is 3.22. The first-order valence-corrected chi connectivity index (χ1v) is 6.56. The second-order valence-corrected chi connectivity index (χ2v) is 4.89. The van der Waals surface area contributed by atoms with Gasteiger partial charge in [-0.05, 0) is 31.9 Å². The third kappa shape index (κ3) is 2.76. The summed E-state index contributed by atoms with van der Waals surface area (Å²) in [6.45, 7) is 4.70.